The van der Waals surface area contributed by atoms with Gasteiger partial charge in [0.25, 0.3) is 0 Å². The molecule has 0 bridgehead atoms. The average molecular weight is 312 g/mol. The summed E-state index contributed by atoms with van der Waals surface area (Å²) in [4.78, 5) is 10.1. The van der Waals surface area contributed by atoms with Crippen molar-refractivity contribution in [1.29, 1.82) is 0 Å². The Balaban J connectivity index is 2.23. The third-order valence-corrected chi connectivity index (χ3v) is 2.74. The largest absolute Gasteiger partial charge is 0.439 e. The van der Waals surface area contributed by atoms with E-state index in [1.54, 1.807) is 23.2 Å². The van der Waals surface area contributed by atoms with Crippen molar-refractivity contribution in [3.8, 4) is 11.6 Å². The van der Waals surface area contributed by atoms with E-state index in [1.165, 1.54) is 12.1 Å². The van der Waals surface area contributed by atoms with Gasteiger partial charge in [0, 0.05) is 26.4 Å². The van der Waals surface area contributed by atoms with E-state index in [1.807, 2.05) is 14.1 Å². The smallest absolute Gasteiger partial charge is 0.228 e. The molecule has 0 fully saturated rings. The van der Waals surface area contributed by atoms with Gasteiger partial charge in [0.2, 0.25) is 11.8 Å². The Bertz CT molecular complexity index is 563. The topological polar surface area (TPSA) is 38.2 Å². The molecular formula is C12H11BrFN3O. The van der Waals surface area contributed by atoms with Crippen molar-refractivity contribution >= 4 is 21.9 Å². The van der Waals surface area contributed by atoms with Crippen LogP contribution in [0.4, 0.5) is 10.3 Å². The SMILES string of the molecule is CN(C)c1nccc(Oc2ccc(F)c(Br)c2)n1. The monoisotopic (exact) mass is 311 g/mol. The van der Waals surface area contributed by atoms with Gasteiger partial charge < -0.3 is 9.64 Å². The molecule has 0 unspecified atom stereocenters. The van der Waals surface area contributed by atoms with Crippen LogP contribution in [0.25, 0.3) is 0 Å². The minimum absolute atomic E-state index is 0.334. The van der Waals surface area contributed by atoms with Gasteiger partial charge in [-0.1, -0.05) is 0 Å². The van der Waals surface area contributed by atoms with Crippen molar-refractivity contribution in [1.82, 2.24) is 9.97 Å². The van der Waals surface area contributed by atoms with Gasteiger partial charge in [0.05, 0.1) is 4.47 Å². The minimum Gasteiger partial charge on any atom is -0.439 e. The molecule has 2 rings (SSSR count). The number of hydrogen-bond acceptors (Lipinski definition) is 4. The number of nitrogens with zero attached hydrogens (tertiary/aromatic N) is 3. The lowest BCUT2D eigenvalue weighted by Gasteiger charge is -2.11. The Hall–Kier alpha value is -1.69. The number of hydrogen-bond donors (Lipinski definition) is 0. The summed E-state index contributed by atoms with van der Waals surface area (Å²) in [6, 6.07) is 6.06. The molecule has 0 radical (unpaired) electrons. The molecule has 0 spiro atoms. The number of benzene rings is 1. The second-order valence-corrected chi connectivity index (χ2v) is 4.62. The van der Waals surface area contributed by atoms with Crippen LogP contribution in [0.1, 0.15) is 0 Å². The zero-order valence-electron chi connectivity index (χ0n) is 9.89. The van der Waals surface area contributed by atoms with Gasteiger partial charge >= 0.3 is 0 Å². The Morgan fingerprint density at radius 1 is 1.28 bits per heavy atom. The molecule has 0 amide bonds. The summed E-state index contributed by atoms with van der Waals surface area (Å²) in [5.74, 6) is 1.13. The summed E-state index contributed by atoms with van der Waals surface area (Å²) >= 11 is 3.10. The Morgan fingerprint density at radius 2 is 2.06 bits per heavy atom. The Morgan fingerprint density at radius 3 is 2.72 bits per heavy atom. The predicted molar refractivity (Wildman–Crippen MR) is 70.5 cm³/mol. The standard InChI is InChI=1S/C12H11BrFN3O/c1-17(2)12-15-6-5-11(16-12)18-8-3-4-10(14)9(13)7-8/h3-7H,1-2H3. The fourth-order valence-electron chi connectivity index (χ4n) is 1.27. The van der Waals surface area contributed by atoms with Crippen molar-refractivity contribution in [3.05, 3.63) is 40.8 Å². The second kappa shape index (κ2) is 5.30. The van der Waals surface area contributed by atoms with Crippen molar-refractivity contribution in [3.63, 3.8) is 0 Å². The molecule has 0 N–H and O–H groups in total. The van der Waals surface area contributed by atoms with E-state index in [9.17, 15) is 4.39 Å². The number of halogens is 2. The van der Waals surface area contributed by atoms with Crippen molar-refractivity contribution in [2.24, 2.45) is 0 Å². The summed E-state index contributed by atoms with van der Waals surface area (Å²) in [6.45, 7) is 0. The first-order chi connectivity index (χ1) is 8.56. The van der Waals surface area contributed by atoms with E-state index < -0.39 is 0 Å². The highest BCUT2D eigenvalue weighted by Crippen LogP contribution is 2.25. The normalized spacial score (nSPS) is 10.2. The summed E-state index contributed by atoms with van der Waals surface area (Å²) in [6.07, 6.45) is 1.61. The van der Waals surface area contributed by atoms with Crippen LogP contribution < -0.4 is 9.64 Å². The number of aromatic nitrogens is 2. The van der Waals surface area contributed by atoms with E-state index in [0.717, 1.165) is 0 Å². The van der Waals surface area contributed by atoms with Crippen LogP contribution >= 0.6 is 15.9 Å². The van der Waals surface area contributed by atoms with Gasteiger partial charge in [-0.2, -0.15) is 4.98 Å². The Kier molecular flexibility index (Phi) is 3.76. The molecule has 0 aliphatic heterocycles. The first-order valence-corrected chi connectivity index (χ1v) is 5.99. The maximum Gasteiger partial charge on any atom is 0.228 e. The third kappa shape index (κ3) is 2.95. The average Bonchev–Trinajstić information content (AvgIpc) is 2.34. The van der Waals surface area contributed by atoms with Crippen LogP contribution in [0.15, 0.2) is 34.9 Å². The molecule has 4 nitrogen and oxygen atoms in total. The molecule has 18 heavy (non-hydrogen) atoms. The molecule has 0 saturated heterocycles. The van der Waals surface area contributed by atoms with E-state index >= 15 is 0 Å². The molecule has 1 heterocycles. The zero-order valence-corrected chi connectivity index (χ0v) is 11.5. The number of ether oxygens (including phenoxy) is 1. The Labute approximate surface area is 113 Å². The fraction of sp³-hybridized carbons (Fsp3) is 0.167. The maximum atomic E-state index is 13.1. The van der Waals surface area contributed by atoms with Crippen molar-refractivity contribution in [2.75, 3.05) is 19.0 Å². The van der Waals surface area contributed by atoms with Crippen molar-refractivity contribution in [2.45, 2.75) is 0 Å². The molecular weight excluding hydrogens is 301 g/mol. The summed E-state index contributed by atoms with van der Waals surface area (Å²) < 4.78 is 19.0. The summed E-state index contributed by atoms with van der Waals surface area (Å²) in [7, 11) is 3.68. The molecule has 0 atom stereocenters. The van der Waals surface area contributed by atoms with E-state index in [4.69, 9.17) is 4.74 Å². The molecule has 94 valence electrons. The molecule has 2 aromatic rings. The highest BCUT2D eigenvalue weighted by atomic mass is 79.9. The maximum absolute atomic E-state index is 13.1. The third-order valence-electron chi connectivity index (χ3n) is 2.13. The van der Waals surface area contributed by atoms with Gasteiger partial charge in [-0.15, -0.1) is 0 Å². The lowest BCUT2D eigenvalue weighted by atomic mass is 10.3. The van der Waals surface area contributed by atoms with E-state index in [2.05, 4.69) is 25.9 Å². The van der Waals surface area contributed by atoms with Crippen LogP contribution in [0.3, 0.4) is 0 Å². The first kappa shape index (κ1) is 12.8. The predicted octanol–water partition coefficient (Wildman–Crippen LogP) is 3.24. The van der Waals surface area contributed by atoms with E-state index in [0.29, 0.717) is 22.1 Å². The zero-order chi connectivity index (χ0) is 13.1. The van der Waals surface area contributed by atoms with Crippen LogP contribution in [-0.4, -0.2) is 24.1 Å². The van der Waals surface area contributed by atoms with Gasteiger partial charge in [0.1, 0.15) is 11.6 Å². The molecule has 1 aromatic carbocycles. The number of rotatable bonds is 3. The van der Waals surface area contributed by atoms with Crippen LogP contribution in [0, 0.1) is 5.82 Å². The highest BCUT2D eigenvalue weighted by Gasteiger charge is 2.05. The quantitative estimate of drug-likeness (QED) is 0.872. The van der Waals surface area contributed by atoms with E-state index in [-0.39, 0.29) is 5.82 Å². The molecule has 6 heteroatoms. The van der Waals surface area contributed by atoms with Gasteiger partial charge in [-0.05, 0) is 34.1 Å². The van der Waals surface area contributed by atoms with Crippen molar-refractivity contribution < 1.29 is 9.13 Å². The van der Waals surface area contributed by atoms with Crippen LogP contribution in [0.5, 0.6) is 11.6 Å². The van der Waals surface area contributed by atoms with Gasteiger partial charge in [-0.25, -0.2) is 9.37 Å². The molecule has 0 aliphatic carbocycles. The highest BCUT2D eigenvalue weighted by molar-refractivity contribution is 9.10. The molecule has 1 aromatic heterocycles. The lowest BCUT2D eigenvalue weighted by molar-refractivity contribution is 0.459. The second-order valence-electron chi connectivity index (χ2n) is 3.77. The molecule has 0 saturated carbocycles. The lowest BCUT2D eigenvalue weighted by Crippen LogP contribution is -2.12. The summed E-state index contributed by atoms with van der Waals surface area (Å²) in [5.41, 5.74) is 0. The van der Waals surface area contributed by atoms with Gasteiger partial charge in [0.15, 0.2) is 0 Å². The minimum atomic E-state index is -0.334. The first-order valence-electron chi connectivity index (χ1n) is 5.19. The molecule has 0 aliphatic rings. The van der Waals surface area contributed by atoms with Crippen LogP contribution in [0.2, 0.25) is 0 Å². The number of anilines is 1. The summed E-state index contributed by atoms with van der Waals surface area (Å²) in [5, 5.41) is 0. The fourth-order valence-corrected chi connectivity index (χ4v) is 1.62. The van der Waals surface area contributed by atoms with Crippen LogP contribution in [-0.2, 0) is 0 Å². The van der Waals surface area contributed by atoms with Gasteiger partial charge in [-0.3, -0.25) is 0 Å².